The van der Waals surface area contributed by atoms with Crippen molar-refractivity contribution in [2.45, 2.75) is 6.54 Å². The fourth-order valence-electron chi connectivity index (χ4n) is 1.99. The predicted octanol–water partition coefficient (Wildman–Crippen LogP) is 0.805. The normalized spacial score (nSPS) is 11.9. The maximum atomic E-state index is 6.02. The molecule has 0 aliphatic heterocycles. The molecule has 106 valence electrons. The van der Waals surface area contributed by atoms with Gasteiger partial charge in [-0.3, -0.25) is 15.3 Å². The Kier molecular flexibility index (Phi) is 3.83. The Morgan fingerprint density at radius 3 is 3.10 bits per heavy atom. The van der Waals surface area contributed by atoms with Crippen LogP contribution in [0.5, 0.6) is 0 Å². The minimum absolute atomic E-state index is 0.429. The van der Waals surface area contributed by atoms with Gasteiger partial charge in [0.15, 0.2) is 5.65 Å². The van der Waals surface area contributed by atoms with Crippen LogP contribution in [0.4, 0.5) is 0 Å². The molecule has 3 aromatic rings. The predicted molar refractivity (Wildman–Crippen MR) is 80.6 cm³/mol. The fourth-order valence-corrected chi connectivity index (χ4v) is 1.99. The molecule has 7 nitrogen and oxygen atoms in total. The first-order valence-electron chi connectivity index (χ1n) is 6.52. The van der Waals surface area contributed by atoms with E-state index >= 15 is 0 Å². The lowest BCUT2D eigenvalue weighted by atomic mass is 10.2. The van der Waals surface area contributed by atoms with Gasteiger partial charge in [-0.05, 0) is 17.7 Å². The van der Waals surface area contributed by atoms with Crippen molar-refractivity contribution in [1.29, 1.82) is 0 Å². The van der Waals surface area contributed by atoms with E-state index in [0.717, 1.165) is 16.6 Å². The topological polar surface area (TPSA) is 105 Å². The third-order valence-electron chi connectivity index (χ3n) is 3.02. The van der Waals surface area contributed by atoms with E-state index < -0.39 is 0 Å². The number of imidazole rings is 1. The second kappa shape index (κ2) is 6.10. The van der Waals surface area contributed by atoms with Crippen molar-refractivity contribution in [3.05, 3.63) is 54.2 Å². The largest absolute Gasteiger partial charge is 0.383 e. The average Bonchev–Trinajstić information content (AvgIpc) is 3.01. The quantitative estimate of drug-likeness (QED) is 0.364. The Bertz CT molecular complexity index is 748. The van der Waals surface area contributed by atoms with Gasteiger partial charge in [-0.1, -0.05) is 6.07 Å². The highest BCUT2D eigenvalue weighted by atomic mass is 15.0. The van der Waals surface area contributed by atoms with E-state index in [1.54, 1.807) is 18.7 Å². The molecule has 3 rings (SSSR count). The van der Waals surface area contributed by atoms with Crippen molar-refractivity contribution in [1.82, 2.24) is 25.3 Å². The Morgan fingerprint density at radius 1 is 1.29 bits per heavy atom. The Balaban J connectivity index is 1.65. The lowest BCUT2D eigenvalue weighted by Gasteiger charge is -2.04. The highest BCUT2D eigenvalue weighted by Crippen LogP contribution is 2.11. The molecule has 0 bridgehead atoms. The van der Waals surface area contributed by atoms with Gasteiger partial charge in [0.25, 0.3) is 0 Å². The van der Waals surface area contributed by atoms with E-state index in [9.17, 15) is 0 Å². The van der Waals surface area contributed by atoms with Crippen LogP contribution in [0.15, 0.2) is 48.1 Å². The number of aromatic amines is 1. The minimum atomic E-state index is 0.429. The first-order chi connectivity index (χ1) is 10.3. The van der Waals surface area contributed by atoms with Crippen LogP contribution < -0.4 is 11.1 Å². The van der Waals surface area contributed by atoms with Crippen LogP contribution in [-0.4, -0.2) is 32.4 Å². The molecule has 0 radical (unpaired) electrons. The van der Waals surface area contributed by atoms with Gasteiger partial charge in [0.05, 0.1) is 18.5 Å². The van der Waals surface area contributed by atoms with Crippen LogP contribution in [0.2, 0.25) is 0 Å². The SMILES string of the molecule is NC(=NCNCc1cccnc1)c1ccnc2nc[nH]c12. The number of nitrogens with one attached hydrogen (secondary N) is 2. The molecular weight excluding hydrogens is 266 g/mol. The lowest BCUT2D eigenvalue weighted by Crippen LogP contribution is -2.20. The summed E-state index contributed by atoms with van der Waals surface area (Å²) in [5.74, 6) is 0.449. The Labute approximate surface area is 121 Å². The Morgan fingerprint density at radius 2 is 2.24 bits per heavy atom. The van der Waals surface area contributed by atoms with Gasteiger partial charge in [0, 0.05) is 30.7 Å². The lowest BCUT2D eigenvalue weighted by molar-refractivity contribution is 0.708. The van der Waals surface area contributed by atoms with Gasteiger partial charge in [-0.15, -0.1) is 0 Å². The number of fused-ring (bicyclic) bond motifs is 1. The number of hydrogen-bond acceptors (Lipinski definition) is 5. The zero-order chi connectivity index (χ0) is 14.5. The summed E-state index contributed by atoms with van der Waals surface area (Å²) < 4.78 is 0. The molecule has 0 atom stereocenters. The van der Waals surface area contributed by atoms with E-state index in [2.05, 4.69) is 30.2 Å². The second-order valence-electron chi connectivity index (χ2n) is 4.45. The first kappa shape index (κ1) is 13.2. The summed E-state index contributed by atoms with van der Waals surface area (Å²) in [5, 5.41) is 3.20. The highest BCUT2D eigenvalue weighted by Gasteiger charge is 2.06. The molecule has 0 aliphatic carbocycles. The molecule has 0 saturated heterocycles. The molecule has 0 aliphatic rings. The molecule has 7 heteroatoms. The molecule has 0 unspecified atom stereocenters. The molecule has 0 amide bonds. The van der Waals surface area contributed by atoms with Crippen molar-refractivity contribution >= 4 is 17.0 Å². The number of aromatic nitrogens is 4. The average molecular weight is 281 g/mol. The monoisotopic (exact) mass is 281 g/mol. The van der Waals surface area contributed by atoms with E-state index in [1.165, 1.54) is 0 Å². The molecule has 0 aromatic carbocycles. The molecule has 3 aromatic heterocycles. The third kappa shape index (κ3) is 3.03. The van der Waals surface area contributed by atoms with Crippen molar-refractivity contribution in [3.63, 3.8) is 0 Å². The zero-order valence-corrected chi connectivity index (χ0v) is 11.3. The zero-order valence-electron chi connectivity index (χ0n) is 11.3. The first-order valence-corrected chi connectivity index (χ1v) is 6.52. The summed E-state index contributed by atoms with van der Waals surface area (Å²) in [6, 6.07) is 5.73. The number of H-pyrrole nitrogens is 1. The second-order valence-corrected chi connectivity index (χ2v) is 4.45. The standard InChI is InChI=1S/C14H15N7/c15-13(11-3-5-18-14-12(11)19-9-21-14)20-8-17-7-10-2-1-4-16-6-10/h1-6,9,17H,7-8H2,(H2,15,20)(H,18,19,21). The smallest absolute Gasteiger partial charge is 0.178 e. The van der Waals surface area contributed by atoms with E-state index in [0.29, 0.717) is 24.7 Å². The van der Waals surface area contributed by atoms with Gasteiger partial charge in [-0.25, -0.2) is 9.97 Å². The van der Waals surface area contributed by atoms with Crippen LogP contribution in [0, 0.1) is 0 Å². The summed E-state index contributed by atoms with van der Waals surface area (Å²) in [7, 11) is 0. The Hall–Kier alpha value is -2.80. The van der Waals surface area contributed by atoms with E-state index in [4.69, 9.17) is 5.73 Å². The van der Waals surface area contributed by atoms with Crippen molar-refractivity contribution in [2.75, 3.05) is 6.67 Å². The number of rotatable bonds is 5. The van der Waals surface area contributed by atoms with Crippen LogP contribution in [-0.2, 0) is 6.54 Å². The van der Waals surface area contributed by atoms with Crippen LogP contribution >= 0.6 is 0 Å². The number of amidine groups is 1. The van der Waals surface area contributed by atoms with Gasteiger partial charge in [0.1, 0.15) is 5.84 Å². The van der Waals surface area contributed by atoms with Gasteiger partial charge >= 0.3 is 0 Å². The maximum absolute atomic E-state index is 6.02. The van der Waals surface area contributed by atoms with Crippen molar-refractivity contribution in [2.24, 2.45) is 10.7 Å². The number of nitrogens with two attached hydrogens (primary N) is 1. The summed E-state index contributed by atoms with van der Waals surface area (Å²) in [6.45, 7) is 1.12. The molecule has 0 fully saturated rings. The third-order valence-corrected chi connectivity index (χ3v) is 3.02. The van der Waals surface area contributed by atoms with Crippen LogP contribution in [0.3, 0.4) is 0 Å². The molecule has 0 saturated carbocycles. The molecule has 4 N–H and O–H groups in total. The summed E-state index contributed by atoms with van der Waals surface area (Å²) >= 11 is 0. The van der Waals surface area contributed by atoms with Crippen molar-refractivity contribution in [3.8, 4) is 0 Å². The van der Waals surface area contributed by atoms with E-state index in [-0.39, 0.29) is 0 Å². The summed E-state index contributed by atoms with van der Waals surface area (Å²) in [4.78, 5) is 19.6. The molecule has 3 heterocycles. The van der Waals surface area contributed by atoms with Crippen LogP contribution in [0.1, 0.15) is 11.1 Å². The fraction of sp³-hybridized carbons (Fsp3) is 0.143. The number of hydrogen-bond donors (Lipinski definition) is 3. The molecule has 0 spiro atoms. The molecular formula is C14H15N7. The van der Waals surface area contributed by atoms with Crippen molar-refractivity contribution < 1.29 is 0 Å². The summed E-state index contributed by atoms with van der Waals surface area (Å²) in [6.07, 6.45) is 6.83. The van der Waals surface area contributed by atoms with Crippen LogP contribution in [0.25, 0.3) is 11.2 Å². The van der Waals surface area contributed by atoms with Gasteiger partial charge in [0.2, 0.25) is 0 Å². The number of pyridine rings is 2. The van der Waals surface area contributed by atoms with Gasteiger partial charge in [-0.2, -0.15) is 0 Å². The highest BCUT2D eigenvalue weighted by molar-refractivity contribution is 6.06. The molecule has 21 heavy (non-hydrogen) atoms. The van der Waals surface area contributed by atoms with E-state index in [1.807, 2.05) is 24.4 Å². The number of aliphatic imine (C=N–C) groups is 1. The maximum Gasteiger partial charge on any atom is 0.178 e. The summed E-state index contributed by atoms with van der Waals surface area (Å²) in [5.41, 5.74) is 9.36. The minimum Gasteiger partial charge on any atom is -0.383 e. The number of nitrogens with zero attached hydrogens (tertiary/aromatic N) is 4. The van der Waals surface area contributed by atoms with Gasteiger partial charge < -0.3 is 10.7 Å².